The fraction of sp³-hybridized carbons (Fsp3) is 0.222. The predicted octanol–water partition coefficient (Wildman–Crippen LogP) is 1.68. The van der Waals surface area contributed by atoms with Gasteiger partial charge in [0.15, 0.2) is 0 Å². The van der Waals surface area contributed by atoms with E-state index in [0.717, 1.165) is 18.9 Å². The third kappa shape index (κ3) is 4.15. The van der Waals surface area contributed by atoms with Gasteiger partial charge in [-0.05, 0) is 43.2 Å². The van der Waals surface area contributed by atoms with Gasteiger partial charge in [-0.2, -0.15) is 4.31 Å². The summed E-state index contributed by atoms with van der Waals surface area (Å²) in [5.74, 6) is -2.25. The van der Waals surface area contributed by atoms with E-state index in [1.54, 1.807) is 0 Å². The molecule has 0 aromatic heterocycles. The Morgan fingerprint density at radius 3 is 2.30 bits per heavy atom. The van der Waals surface area contributed by atoms with Gasteiger partial charge >= 0.3 is 0 Å². The Morgan fingerprint density at radius 1 is 0.926 bits per heavy atom. The molecule has 2 aromatic rings. The van der Waals surface area contributed by atoms with E-state index in [-0.39, 0.29) is 16.0 Å². The van der Waals surface area contributed by atoms with E-state index in [2.05, 4.69) is 10.9 Å². The van der Waals surface area contributed by atoms with Gasteiger partial charge in [-0.1, -0.05) is 18.2 Å². The summed E-state index contributed by atoms with van der Waals surface area (Å²) < 4.78 is 40.1. The number of amides is 2. The number of sulfonamides is 1. The van der Waals surface area contributed by atoms with E-state index in [9.17, 15) is 22.4 Å². The van der Waals surface area contributed by atoms with Gasteiger partial charge in [-0.25, -0.2) is 12.8 Å². The molecule has 7 nitrogen and oxygen atoms in total. The van der Waals surface area contributed by atoms with Crippen molar-refractivity contribution in [3.8, 4) is 0 Å². The number of benzene rings is 2. The number of carbonyl (C=O) groups is 2. The zero-order chi connectivity index (χ0) is 19.4. The molecular formula is C18H18FN3O4S. The summed E-state index contributed by atoms with van der Waals surface area (Å²) in [6, 6.07) is 10.9. The Labute approximate surface area is 156 Å². The summed E-state index contributed by atoms with van der Waals surface area (Å²) in [6.45, 7) is 0.912. The van der Waals surface area contributed by atoms with Gasteiger partial charge in [0.1, 0.15) is 5.82 Å². The maximum absolute atomic E-state index is 13.6. The molecular weight excluding hydrogens is 373 g/mol. The predicted molar refractivity (Wildman–Crippen MR) is 95.8 cm³/mol. The molecule has 1 fully saturated rings. The average Bonchev–Trinajstić information content (AvgIpc) is 3.22. The number of carbonyl (C=O) groups excluding carboxylic acids is 2. The van der Waals surface area contributed by atoms with E-state index in [1.807, 2.05) is 0 Å². The molecule has 3 rings (SSSR count). The third-order valence-electron chi connectivity index (χ3n) is 4.21. The summed E-state index contributed by atoms with van der Waals surface area (Å²) in [6.07, 6.45) is 1.61. The first-order chi connectivity index (χ1) is 12.9. The zero-order valence-corrected chi connectivity index (χ0v) is 15.1. The molecule has 1 heterocycles. The van der Waals surface area contributed by atoms with Crippen molar-refractivity contribution in [1.29, 1.82) is 0 Å². The summed E-state index contributed by atoms with van der Waals surface area (Å²) in [5, 5.41) is 0. The normalized spacial score (nSPS) is 14.7. The van der Waals surface area contributed by atoms with Gasteiger partial charge < -0.3 is 0 Å². The molecule has 1 aliphatic rings. The van der Waals surface area contributed by atoms with Crippen LogP contribution in [-0.2, 0) is 10.0 Å². The molecule has 2 amide bonds. The van der Waals surface area contributed by atoms with Gasteiger partial charge in [0.2, 0.25) is 10.0 Å². The van der Waals surface area contributed by atoms with Crippen LogP contribution in [0.15, 0.2) is 53.4 Å². The van der Waals surface area contributed by atoms with Crippen LogP contribution in [0.4, 0.5) is 4.39 Å². The van der Waals surface area contributed by atoms with Crippen LogP contribution in [0.3, 0.4) is 0 Å². The summed E-state index contributed by atoms with van der Waals surface area (Å²) in [7, 11) is -3.66. The summed E-state index contributed by atoms with van der Waals surface area (Å²) in [5.41, 5.74) is 4.11. The first-order valence-electron chi connectivity index (χ1n) is 8.35. The van der Waals surface area contributed by atoms with Crippen molar-refractivity contribution in [2.24, 2.45) is 0 Å². The molecule has 2 aromatic carbocycles. The van der Waals surface area contributed by atoms with Crippen LogP contribution in [0.1, 0.15) is 33.6 Å². The Bertz CT molecular complexity index is 972. The molecule has 0 radical (unpaired) electrons. The molecule has 9 heteroatoms. The maximum atomic E-state index is 13.6. The topological polar surface area (TPSA) is 95.6 Å². The first kappa shape index (κ1) is 19.0. The van der Waals surface area contributed by atoms with Crippen LogP contribution in [0, 0.1) is 5.82 Å². The molecule has 1 saturated heterocycles. The number of nitrogens with one attached hydrogen (secondary N) is 2. The van der Waals surface area contributed by atoms with Crippen molar-refractivity contribution in [3.63, 3.8) is 0 Å². The SMILES string of the molecule is O=C(NNC(=O)c1ccccc1F)c1cccc(S(=O)(=O)N2CCCC2)c1. The lowest BCUT2D eigenvalue weighted by molar-refractivity contribution is 0.0844. The second kappa shape index (κ2) is 7.85. The highest BCUT2D eigenvalue weighted by atomic mass is 32.2. The number of nitrogens with zero attached hydrogens (tertiary/aromatic N) is 1. The van der Waals surface area contributed by atoms with E-state index >= 15 is 0 Å². The minimum Gasteiger partial charge on any atom is -0.267 e. The average molecular weight is 391 g/mol. The van der Waals surface area contributed by atoms with Crippen molar-refractivity contribution in [2.75, 3.05) is 13.1 Å². The number of hydrazine groups is 1. The van der Waals surface area contributed by atoms with Crippen LogP contribution in [0.5, 0.6) is 0 Å². The van der Waals surface area contributed by atoms with E-state index < -0.39 is 27.7 Å². The van der Waals surface area contributed by atoms with Crippen LogP contribution in [0.25, 0.3) is 0 Å². The molecule has 27 heavy (non-hydrogen) atoms. The van der Waals surface area contributed by atoms with Crippen molar-refractivity contribution in [2.45, 2.75) is 17.7 Å². The Morgan fingerprint density at radius 2 is 1.59 bits per heavy atom. The summed E-state index contributed by atoms with van der Waals surface area (Å²) in [4.78, 5) is 24.2. The van der Waals surface area contributed by atoms with Gasteiger partial charge in [0.25, 0.3) is 11.8 Å². The largest absolute Gasteiger partial charge is 0.272 e. The first-order valence-corrected chi connectivity index (χ1v) is 9.79. The molecule has 0 spiro atoms. The van der Waals surface area contributed by atoms with Gasteiger partial charge in [0, 0.05) is 18.7 Å². The lowest BCUT2D eigenvalue weighted by atomic mass is 10.2. The highest BCUT2D eigenvalue weighted by Gasteiger charge is 2.27. The van der Waals surface area contributed by atoms with Crippen LogP contribution >= 0.6 is 0 Å². The number of hydrogen-bond donors (Lipinski definition) is 2. The molecule has 0 unspecified atom stereocenters. The lowest BCUT2D eigenvalue weighted by Gasteiger charge is -2.16. The fourth-order valence-electron chi connectivity index (χ4n) is 2.77. The van der Waals surface area contributed by atoms with Crippen molar-refractivity contribution >= 4 is 21.8 Å². The van der Waals surface area contributed by atoms with Crippen LogP contribution < -0.4 is 10.9 Å². The third-order valence-corrected chi connectivity index (χ3v) is 6.10. The maximum Gasteiger partial charge on any atom is 0.272 e. The standard InChI is InChI=1S/C18H18FN3O4S/c19-16-9-2-1-8-15(16)18(24)21-20-17(23)13-6-5-7-14(12-13)27(25,26)22-10-3-4-11-22/h1-2,5-9,12H,3-4,10-11H2,(H,20,23)(H,21,24). The second-order valence-electron chi connectivity index (χ2n) is 6.03. The van der Waals surface area contributed by atoms with Crippen LogP contribution in [-0.4, -0.2) is 37.6 Å². The molecule has 1 aliphatic heterocycles. The molecule has 0 saturated carbocycles. The highest BCUT2D eigenvalue weighted by Crippen LogP contribution is 2.21. The number of halogens is 1. The van der Waals surface area contributed by atoms with E-state index in [4.69, 9.17) is 0 Å². The fourth-order valence-corrected chi connectivity index (χ4v) is 4.34. The monoisotopic (exact) mass is 391 g/mol. The number of hydrogen-bond acceptors (Lipinski definition) is 4. The van der Waals surface area contributed by atoms with E-state index in [1.165, 1.54) is 46.8 Å². The van der Waals surface area contributed by atoms with Gasteiger partial charge in [-0.15, -0.1) is 0 Å². The zero-order valence-electron chi connectivity index (χ0n) is 14.3. The minimum absolute atomic E-state index is 0.0116. The molecule has 142 valence electrons. The molecule has 0 bridgehead atoms. The van der Waals surface area contributed by atoms with E-state index in [0.29, 0.717) is 13.1 Å². The lowest BCUT2D eigenvalue weighted by Crippen LogP contribution is -2.42. The quantitative estimate of drug-likeness (QED) is 0.776. The Hall–Kier alpha value is -2.78. The van der Waals surface area contributed by atoms with Gasteiger partial charge in [-0.3, -0.25) is 20.4 Å². The Balaban J connectivity index is 1.70. The second-order valence-corrected chi connectivity index (χ2v) is 7.97. The smallest absolute Gasteiger partial charge is 0.267 e. The molecule has 0 aliphatic carbocycles. The number of rotatable bonds is 4. The molecule has 0 atom stereocenters. The Kier molecular flexibility index (Phi) is 5.52. The van der Waals surface area contributed by atoms with Crippen molar-refractivity contribution in [3.05, 3.63) is 65.5 Å². The minimum atomic E-state index is -3.66. The highest BCUT2D eigenvalue weighted by molar-refractivity contribution is 7.89. The molecule has 2 N–H and O–H groups in total. The van der Waals surface area contributed by atoms with Crippen LogP contribution in [0.2, 0.25) is 0 Å². The van der Waals surface area contributed by atoms with Crippen molar-refractivity contribution < 1.29 is 22.4 Å². The van der Waals surface area contributed by atoms with Crippen molar-refractivity contribution in [1.82, 2.24) is 15.2 Å². The van der Waals surface area contributed by atoms with Gasteiger partial charge in [0.05, 0.1) is 10.5 Å². The summed E-state index contributed by atoms with van der Waals surface area (Å²) >= 11 is 0.